The van der Waals surface area contributed by atoms with Crippen LogP contribution in [0.3, 0.4) is 0 Å². The summed E-state index contributed by atoms with van der Waals surface area (Å²) in [6, 6.07) is 13.2. The van der Waals surface area contributed by atoms with Crippen LogP contribution in [0.25, 0.3) is 0 Å². The lowest BCUT2D eigenvalue weighted by atomic mass is 9.75. The van der Waals surface area contributed by atoms with Gasteiger partial charge in [0.05, 0.1) is 6.07 Å². The summed E-state index contributed by atoms with van der Waals surface area (Å²) < 4.78 is 0. The second-order valence-corrected chi connectivity index (χ2v) is 6.11. The van der Waals surface area contributed by atoms with Gasteiger partial charge in [0.2, 0.25) is 0 Å². The maximum absolute atomic E-state index is 9.54. The smallest absolute Gasteiger partial charge is 0.106 e. The summed E-state index contributed by atoms with van der Waals surface area (Å²) >= 11 is 0. The van der Waals surface area contributed by atoms with Crippen LogP contribution in [0.1, 0.15) is 37.2 Å². The number of hydrogen-bond donors (Lipinski definition) is 1. The Morgan fingerprint density at radius 3 is 2.45 bits per heavy atom. The minimum absolute atomic E-state index is 0.304. The Kier molecular flexibility index (Phi) is 5.17. The van der Waals surface area contributed by atoms with Crippen molar-refractivity contribution in [1.29, 1.82) is 5.26 Å². The van der Waals surface area contributed by atoms with Crippen LogP contribution in [0.5, 0.6) is 0 Å². The molecule has 0 heterocycles. The maximum Gasteiger partial charge on any atom is 0.106 e. The molecule has 1 N–H and O–H groups in total. The van der Waals surface area contributed by atoms with Gasteiger partial charge in [-0.2, -0.15) is 5.26 Å². The molecule has 0 aliphatic heterocycles. The van der Waals surface area contributed by atoms with Crippen LogP contribution in [-0.2, 0) is 0 Å². The standard InChI is InChI=1S/C17H25N3/c1-20(2)13-12-19-17(14-18)10-8-16(9-11-17)15-6-4-3-5-7-15/h3-7,16,19H,8-13H2,1-2H3. The van der Waals surface area contributed by atoms with Crippen molar-refractivity contribution in [2.45, 2.75) is 37.1 Å². The highest BCUT2D eigenvalue weighted by molar-refractivity contribution is 5.22. The van der Waals surface area contributed by atoms with Crippen molar-refractivity contribution in [3.63, 3.8) is 0 Å². The molecule has 0 saturated heterocycles. The van der Waals surface area contributed by atoms with E-state index < -0.39 is 0 Å². The summed E-state index contributed by atoms with van der Waals surface area (Å²) in [7, 11) is 4.13. The summed E-state index contributed by atoms with van der Waals surface area (Å²) in [6.45, 7) is 1.86. The number of benzene rings is 1. The topological polar surface area (TPSA) is 39.1 Å². The molecule has 1 aliphatic rings. The Hall–Kier alpha value is -1.37. The highest BCUT2D eigenvalue weighted by Gasteiger charge is 2.35. The molecule has 3 heteroatoms. The molecule has 0 bridgehead atoms. The first-order valence-electron chi connectivity index (χ1n) is 7.51. The minimum atomic E-state index is -0.304. The third kappa shape index (κ3) is 3.82. The zero-order valence-corrected chi connectivity index (χ0v) is 12.6. The fourth-order valence-electron chi connectivity index (χ4n) is 3.02. The lowest BCUT2D eigenvalue weighted by molar-refractivity contribution is 0.264. The van der Waals surface area contributed by atoms with E-state index in [9.17, 15) is 5.26 Å². The van der Waals surface area contributed by atoms with Crippen LogP contribution in [0.15, 0.2) is 30.3 Å². The van der Waals surface area contributed by atoms with Crippen LogP contribution >= 0.6 is 0 Å². The number of nitrogens with zero attached hydrogens (tertiary/aromatic N) is 2. The Morgan fingerprint density at radius 1 is 1.25 bits per heavy atom. The van der Waals surface area contributed by atoms with Crippen molar-refractivity contribution in [2.24, 2.45) is 0 Å². The van der Waals surface area contributed by atoms with Crippen molar-refractivity contribution >= 4 is 0 Å². The van der Waals surface area contributed by atoms with Crippen LogP contribution in [-0.4, -0.2) is 37.6 Å². The molecule has 0 amide bonds. The normalized spacial score (nSPS) is 26.4. The molecule has 3 nitrogen and oxygen atoms in total. The van der Waals surface area contributed by atoms with Gasteiger partial charge in [0, 0.05) is 13.1 Å². The van der Waals surface area contributed by atoms with Crippen molar-refractivity contribution in [2.75, 3.05) is 27.2 Å². The van der Waals surface area contributed by atoms with Crippen molar-refractivity contribution in [1.82, 2.24) is 10.2 Å². The average Bonchev–Trinajstić information content (AvgIpc) is 2.48. The molecule has 108 valence electrons. The zero-order chi connectivity index (χ0) is 14.4. The Labute approximate surface area is 122 Å². The largest absolute Gasteiger partial charge is 0.308 e. The highest BCUT2D eigenvalue weighted by atomic mass is 15.1. The van der Waals surface area contributed by atoms with Crippen LogP contribution in [0, 0.1) is 11.3 Å². The molecule has 1 saturated carbocycles. The Morgan fingerprint density at radius 2 is 1.90 bits per heavy atom. The average molecular weight is 271 g/mol. The number of rotatable bonds is 5. The first-order chi connectivity index (χ1) is 9.65. The second-order valence-electron chi connectivity index (χ2n) is 6.11. The molecule has 0 radical (unpaired) electrons. The molecule has 1 aromatic carbocycles. The molecule has 0 spiro atoms. The molecule has 2 rings (SSSR count). The van der Waals surface area contributed by atoms with Crippen LogP contribution in [0.4, 0.5) is 0 Å². The summed E-state index contributed by atoms with van der Waals surface area (Å²) in [6.07, 6.45) is 4.12. The second kappa shape index (κ2) is 6.88. The lowest BCUT2D eigenvalue weighted by Gasteiger charge is -2.36. The van der Waals surface area contributed by atoms with Gasteiger partial charge >= 0.3 is 0 Å². The van der Waals surface area contributed by atoms with Gasteiger partial charge in [-0.3, -0.25) is 5.32 Å². The molecular weight excluding hydrogens is 246 g/mol. The summed E-state index contributed by atoms with van der Waals surface area (Å²) in [5, 5.41) is 13.0. The van der Waals surface area contributed by atoms with Gasteiger partial charge in [-0.15, -0.1) is 0 Å². The monoisotopic (exact) mass is 271 g/mol. The van der Waals surface area contributed by atoms with E-state index >= 15 is 0 Å². The maximum atomic E-state index is 9.54. The van der Waals surface area contributed by atoms with Gasteiger partial charge in [-0.05, 0) is 51.3 Å². The molecule has 0 atom stereocenters. The van der Waals surface area contributed by atoms with Crippen molar-refractivity contribution in [3.05, 3.63) is 35.9 Å². The van der Waals surface area contributed by atoms with E-state index in [1.54, 1.807) is 0 Å². The summed E-state index contributed by atoms with van der Waals surface area (Å²) in [5.41, 5.74) is 1.12. The van der Waals surface area contributed by atoms with E-state index in [-0.39, 0.29) is 5.54 Å². The predicted octanol–water partition coefficient (Wildman–Crippen LogP) is 2.76. The SMILES string of the molecule is CN(C)CCNC1(C#N)CCC(c2ccccc2)CC1. The predicted molar refractivity (Wildman–Crippen MR) is 82.6 cm³/mol. The van der Waals surface area contributed by atoms with Crippen molar-refractivity contribution in [3.8, 4) is 6.07 Å². The van der Waals surface area contributed by atoms with E-state index in [0.29, 0.717) is 5.92 Å². The van der Waals surface area contributed by atoms with E-state index in [2.05, 4.69) is 60.7 Å². The van der Waals surface area contributed by atoms with Crippen LogP contribution in [0.2, 0.25) is 0 Å². The van der Waals surface area contributed by atoms with E-state index in [1.807, 2.05) is 0 Å². The van der Waals surface area contributed by atoms with Gasteiger partial charge in [0.25, 0.3) is 0 Å². The Balaban J connectivity index is 1.89. The van der Waals surface area contributed by atoms with Gasteiger partial charge in [0.15, 0.2) is 0 Å². The molecule has 0 unspecified atom stereocenters. The third-order valence-corrected chi connectivity index (χ3v) is 4.35. The number of nitriles is 1. The molecule has 0 aromatic heterocycles. The Bertz CT molecular complexity index is 439. The molecule has 1 aromatic rings. The van der Waals surface area contributed by atoms with Gasteiger partial charge < -0.3 is 4.90 Å². The van der Waals surface area contributed by atoms with E-state index in [1.165, 1.54) is 5.56 Å². The van der Waals surface area contributed by atoms with Gasteiger partial charge in [-0.25, -0.2) is 0 Å². The minimum Gasteiger partial charge on any atom is -0.308 e. The quantitative estimate of drug-likeness (QED) is 0.895. The summed E-state index contributed by atoms with van der Waals surface area (Å²) in [4.78, 5) is 2.15. The van der Waals surface area contributed by atoms with Gasteiger partial charge in [-0.1, -0.05) is 30.3 Å². The first-order valence-corrected chi connectivity index (χ1v) is 7.51. The van der Waals surface area contributed by atoms with E-state index in [0.717, 1.165) is 38.8 Å². The fraction of sp³-hybridized carbons (Fsp3) is 0.588. The summed E-state index contributed by atoms with van der Waals surface area (Å²) in [5.74, 6) is 0.619. The fourth-order valence-corrected chi connectivity index (χ4v) is 3.02. The number of likely N-dealkylation sites (N-methyl/N-ethyl adjacent to an activating group) is 1. The first kappa shape index (κ1) is 15.0. The number of nitrogens with one attached hydrogen (secondary N) is 1. The lowest BCUT2D eigenvalue weighted by Crippen LogP contribution is -2.48. The zero-order valence-electron chi connectivity index (χ0n) is 12.6. The van der Waals surface area contributed by atoms with Crippen molar-refractivity contribution < 1.29 is 0 Å². The third-order valence-electron chi connectivity index (χ3n) is 4.35. The highest BCUT2D eigenvalue weighted by Crippen LogP contribution is 2.37. The van der Waals surface area contributed by atoms with E-state index in [4.69, 9.17) is 0 Å². The van der Waals surface area contributed by atoms with Crippen LogP contribution < -0.4 is 5.32 Å². The molecule has 1 aliphatic carbocycles. The molecule has 1 fully saturated rings. The number of hydrogen-bond acceptors (Lipinski definition) is 3. The molecular formula is C17H25N3. The molecule has 20 heavy (non-hydrogen) atoms. The van der Waals surface area contributed by atoms with Gasteiger partial charge in [0.1, 0.15) is 5.54 Å².